The van der Waals surface area contributed by atoms with Crippen molar-refractivity contribution >= 4 is 10.9 Å². The van der Waals surface area contributed by atoms with Crippen molar-refractivity contribution in [1.82, 2.24) is 19.9 Å². The highest BCUT2D eigenvalue weighted by Crippen LogP contribution is 2.31. The Morgan fingerprint density at radius 2 is 1.74 bits per heavy atom. The summed E-state index contributed by atoms with van der Waals surface area (Å²) in [5.41, 5.74) is 6.97. The summed E-state index contributed by atoms with van der Waals surface area (Å²) in [6, 6.07) is 26.7. The van der Waals surface area contributed by atoms with Gasteiger partial charge in [0.1, 0.15) is 12.4 Å². The fourth-order valence-corrected chi connectivity index (χ4v) is 4.68. The summed E-state index contributed by atoms with van der Waals surface area (Å²) in [6.45, 7) is 3.23. The number of ether oxygens (including phenoxy) is 1. The maximum Gasteiger partial charge on any atom is 0.159 e. The number of H-pyrrole nitrogens is 1. The molecule has 0 fully saturated rings. The molecule has 2 aromatic heterocycles. The summed E-state index contributed by atoms with van der Waals surface area (Å²) in [4.78, 5) is 15.4. The molecular formula is C29H26N4O. The highest BCUT2D eigenvalue weighted by molar-refractivity contribution is 5.89. The van der Waals surface area contributed by atoms with E-state index in [2.05, 4.69) is 57.5 Å². The Kier molecular flexibility index (Phi) is 5.53. The first-order valence-electron chi connectivity index (χ1n) is 11.7. The zero-order valence-corrected chi connectivity index (χ0v) is 18.9. The van der Waals surface area contributed by atoms with Gasteiger partial charge in [0.15, 0.2) is 5.82 Å². The van der Waals surface area contributed by atoms with Crippen LogP contribution in [0.25, 0.3) is 22.3 Å². The molecule has 1 aliphatic heterocycles. The molecule has 3 aromatic carbocycles. The quantitative estimate of drug-likeness (QED) is 0.360. The van der Waals surface area contributed by atoms with Gasteiger partial charge in [-0.1, -0.05) is 66.7 Å². The summed E-state index contributed by atoms with van der Waals surface area (Å²) < 4.78 is 6.25. The van der Waals surface area contributed by atoms with E-state index in [1.54, 1.807) is 0 Å². The van der Waals surface area contributed by atoms with Gasteiger partial charge in [-0.3, -0.25) is 4.90 Å². The second-order valence-corrected chi connectivity index (χ2v) is 8.76. The van der Waals surface area contributed by atoms with Crippen molar-refractivity contribution in [3.8, 4) is 17.1 Å². The van der Waals surface area contributed by atoms with Gasteiger partial charge in [0.2, 0.25) is 0 Å². The van der Waals surface area contributed by atoms with E-state index in [-0.39, 0.29) is 0 Å². The molecule has 34 heavy (non-hydrogen) atoms. The lowest BCUT2D eigenvalue weighted by atomic mass is 10.1. The maximum absolute atomic E-state index is 6.25. The summed E-state index contributed by atoms with van der Waals surface area (Å²) in [5.74, 6) is 1.73. The van der Waals surface area contributed by atoms with Crippen molar-refractivity contribution in [1.29, 1.82) is 0 Å². The van der Waals surface area contributed by atoms with Crippen LogP contribution in [0, 0.1) is 0 Å². The van der Waals surface area contributed by atoms with E-state index in [0.717, 1.165) is 54.4 Å². The number of nitrogens with one attached hydrogen (secondary N) is 1. The second-order valence-electron chi connectivity index (χ2n) is 8.76. The van der Waals surface area contributed by atoms with Crippen LogP contribution in [0.4, 0.5) is 0 Å². The third kappa shape index (κ3) is 4.18. The van der Waals surface area contributed by atoms with Crippen LogP contribution in [0.5, 0.6) is 5.75 Å². The number of rotatable bonds is 6. The van der Waals surface area contributed by atoms with Crippen LogP contribution >= 0.6 is 0 Å². The lowest BCUT2D eigenvalue weighted by Gasteiger charge is -2.28. The predicted molar refractivity (Wildman–Crippen MR) is 134 cm³/mol. The molecule has 0 spiro atoms. The van der Waals surface area contributed by atoms with Gasteiger partial charge in [0.25, 0.3) is 0 Å². The minimum atomic E-state index is 0.558. The number of aromatic nitrogens is 3. The second kappa shape index (κ2) is 9.12. The Hall–Kier alpha value is -3.96. The van der Waals surface area contributed by atoms with E-state index >= 15 is 0 Å². The molecular weight excluding hydrogens is 420 g/mol. The van der Waals surface area contributed by atoms with Gasteiger partial charge in [-0.25, -0.2) is 9.97 Å². The molecule has 0 amide bonds. The van der Waals surface area contributed by atoms with Crippen molar-refractivity contribution in [2.75, 3.05) is 6.54 Å². The van der Waals surface area contributed by atoms with Crippen molar-refractivity contribution in [3.05, 3.63) is 114 Å². The molecule has 0 radical (unpaired) electrons. The van der Waals surface area contributed by atoms with Crippen LogP contribution in [0.1, 0.15) is 22.4 Å². The van der Waals surface area contributed by atoms with Crippen LogP contribution in [-0.4, -0.2) is 26.4 Å². The number of aromatic amines is 1. The average Bonchev–Trinajstić information content (AvgIpc) is 3.31. The Morgan fingerprint density at radius 1 is 0.912 bits per heavy atom. The van der Waals surface area contributed by atoms with Crippen LogP contribution in [0.3, 0.4) is 0 Å². The van der Waals surface area contributed by atoms with E-state index in [1.807, 2.05) is 48.7 Å². The Morgan fingerprint density at radius 3 is 2.59 bits per heavy atom. The first-order chi connectivity index (χ1) is 16.8. The summed E-state index contributed by atoms with van der Waals surface area (Å²) in [5, 5.41) is 1.17. The van der Waals surface area contributed by atoms with E-state index in [0.29, 0.717) is 6.61 Å². The largest absolute Gasteiger partial charge is 0.488 e. The topological polar surface area (TPSA) is 54.0 Å². The third-order valence-corrected chi connectivity index (χ3v) is 6.43. The smallest absolute Gasteiger partial charge is 0.159 e. The van der Waals surface area contributed by atoms with Crippen LogP contribution in [0.15, 0.2) is 91.3 Å². The number of benzene rings is 3. The summed E-state index contributed by atoms with van der Waals surface area (Å²) >= 11 is 0. The van der Waals surface area contributed by atoms with Crippen molar-refractivity contribution in [2.24, 2.45) is 0 Å². The van der Waals surface area contributed by atoms with Crippen LogP contribution in [0.2, 0.25) is 0 Å². The normalized spacial score (nSPS) is 13.6. The van der Waals surface area contributed by atoms with Gasteiger partial charge in [0, 0.05) is 60.5 Å². The SMILES string of the molecule is c1ccc(COc2cccc3[nH]cc(CN4CCc5nc(-c6ccccc6)ncc5C4)c23)cc1. The van der Waals surface area contributed by atoms with E-state index in [4.69, 9.17) is 9.72 Å². The van der Waals surface area contributed by atoms with Crippen molar-refractivity contribution in [3.63, 3.8) is 0 Å². The molecule has 168 valence electrons. The minimum Gasteiger partial charge on any atom is -0.488 e. The highest BCUT2D eigenvalue weighted by atomic mass is 16.5. The minimum absolute atomic E-state index is 0.558. The Labute approximate surface area is 199 Å². The molecule has 0 aliphatic carbocycles. The van der Waals surface area contributed by atoms with Gasteiger partial charge in [-0.05, 0) is 23.3 Å². The van der Waals surface area contributed by atoms with Gasteiger partial charge < -0.3 is 9.72 Å². The molecule has 0 unspecified atom stereocenters. The van der Waals surface area contributed by atoms with E-state index < -0.39 is 0 Å². The van der Waals surface area contributed by atoms with E-state index in [1.165, 1.54) is 22.1 Å². The Bertz CT molecular complexity index is 1410. The Balaban J connectivity index is 1.20. The predicted octanol–water partition coefficient (Wildman–Crippen LogP) is 5.76. The maximum atomic E-state index is 6.25. The molecule has 5 heteroatoms. The highest BCUT2D eigenvalue weighted by Gasteiger charge is 2.21. The fourth-order valence-electron chi connectivity index (χ4n) is 4.68. The lowest BCUT2D eigenvalue weighted by molar-refractivity contribution is 0.243. The number of nitrogens with zero attached hydrogens (tertiary/aromatic N) is 3. The molecule has 5 nitrogen and oxygen atoms in total. The zero-order chi connectivity index (χ0) is 22.7. The lowest BCUT2D eigenvalue weighted by Crippen LogP contribution is -2.30. The monoisotopic (exact) mass is 446 g/mol. The number of hydrogen-bond acceptors (Lipinski definition) is 4. The van der Waals surface area contributed by atoms with Gasteiger partial charge in [-0.15, -0.1) is 0 Å². The molecule has 3 heterocycles. The molecule has 0 bridgehead atoms. The van der Waals surface area contributed by atoms with Crippen molar-refractivity contribution < 1.29 is 4.74 Å². The molecule has 0 atom stereocenters. The van der Waals surface area contributed by atoms with Crippen molar-refractivity contribution in [2.45, 2.75) is 26.1 Å². The zero-order valence-electron chi connectivity index (χ0n) is 18.9. The molecule has 1 N–H and O–H groups in total. The van der Waals surface area contributed by atoms with Gasteiger partial charge in [-0.2, -0.15) is 0 Å². The first-order valence-corrected chi connectivity index (χ1v) is 11.7. The molecule has 5 aromatic rings. The standard InChI is InChI=1S/C29H26N4O/c1-3-8-21(9-4-1)20-34-27-13-7-12-26-28(27)24(17-30-26)19-33-15-14-25-23(18-33)16-31-29(32-25)22-10-5-2-6-11-22/h1-13,16-17,30H,14-15,18-20H2. The van der Waals surface area contributed by atoms with Gasteiger partial charge in [0.05, 0.1) is 5.69 Å². The number of hydrogen-bond donors (Lipinski definition) is 1. The summed E-state index contributed by atoms with van der Waals surface area (Å²) in [7, 11) is 0. The molecule has 0 saturated heterocycles. The third-order valence-electron chi connectivity index (χ3n) is 6.43. The fraction of sp³-hybridized carbons (Fsp3) is 0.172. The molecule has 6 rings (SSSR count). The first kappa shape index (κ1) is 20.6. The summed E-state index contributed by atoms with van der Waals surface area (Å²) in [6.07, 6.45) is 5.04. The van der Waals surface area contributed by atoms with E-state index in [9.17, 15) is 0 Å². The van der Waals surface area contributed by atoms with Gasteiger partial charge >= 0.3 is 0 Å². The van der Waals surface area contributed by atoms with Crippen LogP contribution < -0.4 is 4.74 Å². The average molecular weight is 447 g/mol. The molecule has 1 aliphatic rings. The molecule has 0 saturated carbocycles. The number of fused-ring (bicyclic) bond motifs is 2. The van der Waals surface area contributed by atoms with Crippen LogP contribution in [-0.2, 0) is 26.1 Å².